The molecule has 1 aromatic rings. The van der Waals surface area contributed by atoms with Crippen LogP contribution in [0.1, 0.15) is 29.5 Å². The summed E-state index contributed by atoms with van der Waals surface area (Å²) in [5, 5.41) is 4.17. The molecular formula is C8H14N4O. The maximum absolute atomic E-state index is 11.2. The van der Waals surface area contributed by atoms with Gasteiger partial charge in [0.2, 0.25) is 0 Å². The maximum atomic E-state index is 11.2. The second-order valence-electron chi connectivity index (χ2n) is 2.87. The fourth-order valence-electron chi connectivity index (χ4n) is 1.18. The van der Waals surface area contributed by atoms with E-state index < -0.39 is 0 Å². The van der Waals surface area contributed by atoms with E-state index in [1.165, 1.54) is 0 Å². The molecule has 1 rings (SSSR count). The number of hydrogen-bond acceptors (Lipinski definition) is 3. The predicted molar refractivity (Wildman–Crippen MR) is 48.9 cm³/mol. The van der Waals surface area contributed by atoms with Gasteiger partial charge in [-0.15, -0.1) is 0 Å². The van der Waals surface area contributed by atoms with E-state index >= 15 is 0 Å². The summed E-state index contributed by atoms with van der Waals surface area (Å²) in [6, 6.07) is 1.72. The van der Waals surface area contributed by atoms with Crippen molar-refractivity contribution in [1.82, 2.24) is 15.2 Å². The smallest absolute Gasteiger partial charge is 0.283 e. The van der Waals surface area contributed by atoms with E-state index in [1.807, 2.05) is 13.8 Å². The van der Waals surface area contributed by atoms with Gasteiger partial charge in [0.15, 0.2) is 0 Å². The first-order chi connectivity index (χ1) is 6.19. The first kappa shape index (κ1) is 9.73. The maximum Gasteiger partial charge on any atom is 0.283 e. The third-order valence-electron chi connectivity index (χ3n) is 1.70. The van der Waals surface area contributed by atoms with E-state index in [-0.39, 0.29) is 5.91 Å². The van der Waals surface area contributed by atoms with E-state index in [2.05, 4.69) is 10.5 Å². The molecule has 1 aromatic heterocycles. The molecule has 0 bridgehead atoms. The van der Waals surface area contributed by atoms with Gasteiger partial charge in [0.25, 0.3) is 5.91 Å². The summed E-state index contributed by atoms with van der Waals surface area (Å²) in [5.41, 5.74) is 3.44. The van der Waals surface area contributed by atoms with E-state index in [4.69, 9.17) is 5.84 Å². The summed E-state index contributed by atoms with van der Waals surface area (Å²) in [6.45, 7) is 4.61. The van der Waals surface area contributed by atoms with Crippen molar-refractivity contribution in [2.75, 3.05) is 0 Å². The molecule has 1 amide bonds. The standard InChI is InChI=1S/C8H14N4O/c1-3-4-12-7(8(13)10-9)5-6(2)11-12/h5H,3-4,9H2,1-2H3,(H,10,13). The first-order valence-electron chi connectivity index (χ1n) is 4.24. The molecule has 0 aromatic carbocycles. The van der Waals surface area contributed by atoms with Crippen molar-refractivity contribution >= 4 is 5.91 Å². The quantitative estimate of drug-likeness (QED) is 0.398. The lowest BCUT2D eigenvalue weighted by Crippen LogP contribution is -2.32. The number of aromatic nitrogens is 2. The van der Waals surface area contributed by atoms with Gasteiger partial charge in [-0.3, -0.25) is 14.9 Å². The van der Waals surface area contributed by atoms with Gasteiger partial charge in [-0.25, -0.2) is 5.84 Å². The van der Waals surface area contributed by atoms with Crippen LogP contribution >= 0.6 is 0 Å². The number of aryl methyl sites for hydroxylation is 2. The van der Waals surface area contributed by atoms with Gasteiger partial charge in [0.05, 0.1) is 5.69 Å². The number of rotatable bonds is 3. The van der Waals surface area contributed by atoms with E-state index in [0.29, 0.717) is 5.69 Å². The van der Waals surface area contributed by atoms with E-state index in [1.54, 1.807) is 10.7 Å². The van der Waals surface area contributed by atoms with Gasteiger partial charge in [-0.05, 0) is 19.4 Å². The zero-order chi connectivity index (χ0) is 9.84. The Kier molecular flexibility index (Phi) is 3.02. The molecule has 0 aliphatic carbocycles. The highest BCUT2D eigenvalue weighted by molar-refractivity contribution is 5.92. The molecule has 1 heterocycles. The molecule has 72 valence electrons. The van der Waals surface area contributed by atoms with E-state index in [9.17, 15) is 4.79 Å². The fourth-order valence-corrected chi connectivity index (χ4v) is 1.18. The monoisotopic (exact) mass is 182 g/mol. The lowest BCUT2D eigenvalue weighted by atomic mass is 10.3. The summed E-state index contributed by atoms with van der Waals surface area (Å²) in [6.07, 6.45) is 0.936. The molecule has 0 atom stereocenters. The molecular weight excluding hydrogens is 168 g/mol. The number of nitrogens with zero attached hydrogens (tertiary/aromatic N) is 2. The summed E-state index contributed by atoms with van der Waals surface area (Å²) in [5.74, 6) is 4.74. The van der Waals surface area contributed by atoms with E-state index in [0.717, 1.165) is 18.7 Å². The highest BCUT2D eigenvalue weighted by Gasteiger charge is 2.11. The lowest BCUT2D eigenvalue weighted by molar-refractivity contribution is 0.0942. The molecule has 0 aliphatic rings. The highest BCUT2D eigenvalue weighted by Crippen LogP contribution is 2.03. The number of hydrogen-bond donors (Lipinski definition) is 2. The number of nitrogens with two attached hydrogens (primary N) is 1. The topological polar surface area (TPSA) is 72.9 Å². The molecule has 0 unspecified atom stereocenters. The van der Waals surface area contributed by atoms with Gasteiger partial charge >= 0.3 is 0 Å². The summed E-state index contributed by atoms with van der Waals surface area (Å²) >= 11 is 0. The minimum Gasteiger partial charge on any atom is -0.289 e. The number of carbonyl (C=O) groups is 1. The Hall–Kier alpha value is -1.36. The van der Waals surface area contributed by atoms with Crippen molar-refractivity contribution in [3.05, 3.63) is 17.5 Å². The molecule has 0 saturated heterocycles. The predicted octanol–water partition coefficient (Wildman–Crippen LogP) is 0.205. The third-order valence-corrected chi connectivity index (χ3v) is 1.70. The van der Waals surface area contributed by atoms with Crippen molar-refractivity contribution in [2.24, 2.45) is 5.84 Å². The molecule has 0 saturated carbocycles. The van der Waals surface area contributed by atoms with Crippen LogP contribution < -0.4 is 11.3 Å². The Labute approximate surface area is 76.9 Å². The van der Waals surface area contributed by atoms with Crippen LogP contribution in [0.5, 0.6) is 0 Å². The van der Waals surface area contributed by atoms with Crippen LogP contribution in [0.4, 0.5) is 0 Å². The molecule has 5 heteroatoms. The Morgan fingerprint density at radius 1 is 1.77 bits per heavy atom. The molecule has 3 N–H and O–H groups in total. The minimum atomic E-state index is -0.297. The SMILES string of the molecule is CCCn1nc(C)cc1C(=O)NN. The first-order valence-corrected chi connectivity index (χ1v) is 4.24. The average molecular weight is 182 g/mol. The Morgan fingerprint density at radius 2 is 2.46 bits per heavy atom. The zero-order valence-corrected chi connectivity index (χ0v) is 7.87. The van der Waals surface area contributed by atoms with Gasteiger partial charge in [0, 0.05) is 6.54 Å². The molecule has 0 spiro atoms. The van der Waals surface area contributed by atoms with Crippen LogP contribution in [0.3, 0.4) is 0 Å². The summed E-state index contributed by atoms with van der Waals surface area (Å²) in [4.78, 5) is 11.2. The van der Waals surface area contributed by atoms with Gasteiger partial charge in [-0.2, -0.15) is 5.10 Å². The van der Waals surface area contributed by atoms with Crippen molar-refractivity contribution in [3.8, 4) is 0 Å². The molecule has 0 aliphatic heterocycles. The van der Waals surface area contributed by atoms with Gasteiger partial charge in [-0.1, -0.05) is 6.92 Å². The Bertz CT molecular complexity index is 305. The Balaban J connectivity index is 2.96. The highest BCUT2D eigenvalue weighted by atomic mass is 16.2. The average Bonchev–Trinajstić information content (AvgIpc) is 2.46. The zero-order valence-electron chi connectivity index (χ0n) is 7.87. The molecule has 5 nitrogen and oxygen atoms in total. The minimum absolute atomic E-state index is 0.297. The van der Waals surface area contributed by atoms with Crippen LogP contribution in [0.25, 0.3) is 0 Å². The fraction of sp³-hybridized carbons (Fsp3) is 0.500. The van der Waals surface area contributed by atoms with Crippen LogP contribution in [0.2, 0.25) is 0 Å². The molecule has 13 heavy (non-hydrogen) atoms. The largest absolute Gasteiger partial charge is 0.289 e. The van der Waals surface area contributed by atoms with Crippen LogP contribution in [0.15, 0.2) is 6.07 Å². The van der Waals surface area contributed by atoms with Crippen molar-refractivity contribution in [3.63, 3.8) is 0 Å². The van der Waals surface area contributed by atoms with Gasteiger partial charge < -0.3 is 0 Å². The normalized spacial score (nSPS) is 10.1. The second-order valence-corrected chi connectivity index (χ2v) is 2.87. The van der Waals surface area contributed by atoms with Crippen molar-refractivity contribution in [1.29, 1.82) is 0 Å². The van der Waals surface area contributed by atoms with Crippen LogP contribution in [-0.4, -0.2) is 15.7 Å². The third kappa shape index (κ3) is 2.06. The summed E-state index contributed by atoms with van der Waals surface area (Å²) < 4.78 is 1.66. The van der Waals surface area contributed by atoms with Crippen molar-refractivity contribution in [2.45, 2.75) is 26.8 Å². The summed E-state index contributed by atoms with van der Waals surface area (Å²) in [7, 11) is 0. The number of nitrogens with one attached hydrogen (secondary N) is 1. The molecule has 0 radical (unpaired) electrons. The Morgan fingerprint density at radius 3 is 3.00 bits per heavy atom. The van der Waals surface area contributed by atoms with Crippen molar-refractivity contribution < 1.29 is 4.79 Å². The second kappa shape index (κ2) is 4.04. The molecule has 0 fully saturated rings. The van der Waals surface area contributed by atoms with Gasteiger partial charge in [0.1, 0.15) is 5.69 Å². The number of nitrogen functional groups attached to an aromatic ring is 1. The number of amides is 1. The van der Waals surface area contributed by atoms with Crippen LogP contribution in [0, 0.1) is 6.92 Å². The number of hydrazine groups is 1. The van der Waals surface area contributed by atoms with Crippen LogP contribution in [-0.2, 0) is 6.54 Å². The number of carbonyl (C=O) groups excluding carboxylic acids is 1. The lowest BCUT2D eigenvalue weighted by Gasteiger charge is -2.03.